The van der Waals surface area contributed by atoms with Crippen LogP contribution in [0.3, 0.4) is 0 Å². The van der Waals surface area contributed by atoms with Crippen LogP contribution in [-0.2, 0) is 16.1 Å². The zero-order valence-electron chi connectivity index (χ0n) is 19.3. The van der Waals surface area contributed by atoms with Crippen molar-refractivity contribution in [3.8, 4) is 0 Å². The summed E-state index contributed by atoms with van der Waals surface area (Å²) in [4.78, 5) is 27.0. The Labute approximate surface area is 199 Å². The van der Waals surface area contributed by atoms with Crippen molar-refractivity contribution in [3.63, 3.8) is 0 Å². The zero-order chi connectivity index (χ0) is 25.2. The van der Waals surface area contributed by atoms with Gasteiger partial charge in [-0.3, -0.25) is 9.48 Å². The van der Waals surface area contributed by atoms with Gasteiger partial charge in [-0.25, -0.2) is 9.97 Å². The molecule has 4 rings (SSSR count). The molecule has 1 aliphatic heterocycles. The van der Waals surface area contributed by atoms with Crippen molar-refractivity contribution >= 4 is 34.6 Å². The fourth-order valence-electron chi connectivity index (χ4n) is 3.97. The van der Waals surface area contributed by atoms with Crippen molar-refractivity contribution in [3.05, 3.63) is 29.6 Å². The lowest BCUT2D eigenvalue weighted by atomic mass is 9.99. The van der Waals surface area contributed by atoms with Crippen LogP contribution in [-0.4, -0.2) is 68.3 Å². The number of aryl methyl sites for hydroxylation is 2. The molecular weight excluding hydrogens is 467 g/mol. The number of nitrogens with zero attached hydrogens (tertiary/aromatic N) is 6. The minimum atomic E-state index is -4.41. The van der Waals surface area contributed by atoms with Gasteiger partial charge in [0.2, 0.25) is 5.95 Å². The summed E-state index contributed by atoms with van der Waals surface area (Å²) in [6.45, 7) is 3.06. The fourth-order valence-corrected chi connectivity index (χ4v) is 3.97. The predicted molar refractivity (Wildman–Crippen MR) is 122 cm³/mol. The van der Waals surface area contributed by atoms with E-state index in [4.69, 9.17) is 4.74 Å². The molecule has 10 nitrogen and oxygen atoms in total. The number of pyridine rings is 1. The van der Waals surface area contributed by atoms with Crippen molar-refractivity contribution in [1.82, 2.24) is 24.7 Å². The molecule has 1 saturated heterocycles. The standard InChI is InChI=1S/C22H26F3N7O3/c1-13-5-6-16(26-10-13)27-19-18-17(14(2)30-32(18)8-9-35-12-22(23,24)25)28-21(29-19)31-7-3-4-15(11-31)20(33)34/h5-6,10,15H,3-4,7-9,11-12H2,1-2H3,(H,33,34)(H,26,27,28,29)/t15-/m0/s1. The quantitative estimate of drug-likeness (QED) is 0.455. The third-order valence-corrected chi connectivity index (χ3v) is 5.67. The molecular formula is C22H26F3N7O3. The highest BCUT2D eigenvalue weighted by atomic mass is 19.4. The molecule has 0 aliphatic carbocycles. The van der Waals surface area contributed by atoms with E-state index >= 15 is 0 Å². The highest BCUT2D eigenvalue weighted by Gasteiger charge is 2.29. The summed E-state index contributed by atoms with van der Waals surface area (Å²) in [5.74, 6) is -0.139. The molecule has 3 aromatic rings. The van der Waals surface area contributed by atoms with Crippen LogP contribution in [0.2, 0.25) is 0 Å². The van der Waals surface area contributed by atoms with Crippen molar-refractivity contribution in [2.45, 2.75) is 39.4 Å². The van der Waals surface area contributed by atoms with Gasteiger partial charge in [-0.2, -0.15) is 23.3 Å². The van der Waals surface area contributed by atoms with Gasteiger partial charge in [0.05, 0.1) is 24.8 Å². The molecule has 1 fully saturated rings. The van der Waals surface area contributed by atoms with E-state index in [1.165, 1.54) is 4.68 Å². The van der Waals surface area contributed by atoms with Crippen molar-refractivity contribution in [2.24, 2.45) is 5.92 Å². The molecule has 0 saturated carbocycles. The molecule has 0 spiro atoms. The van der Waals surface area contributed by atoms with E-state index in [1.807, 2.05) is 17.9 Å². The van der Waals surface area contributed by atoms with Crippen LogP contribution in [0, 0.1) is 19.8 Å². The van der Waals surface area contributed by atoms with Gasteiger partial charge in [-0.05, 0) is 38.3 Å². The highest BCUT2D eigenvalue weighted by Crippen LogP contribution is 2.30. The molecule has 0 aromatic carbocycles. The molecule has 1 atom stereocenters. The van der Waals surface area contributed by atoms with Crippen LogP contribution in [0.1, 0.15) is 24.1 Å². The number of nitrogens with one attached hydrogen (secondary N) is 1. The maximum Gasteiger partial charge on any atom is 0.411 e. The van der Waals surface area contributed by atoms with E-state index in [0.717, 1.165) is 5.56 Å². The number of alkyl halides is 3. The topological polar surface area (TPSA) is 118 Å². The summed E-state index contributed by atoms with van der Waals surface area (Å²) in [5, 5.41) is 17.1. The SMILES string of the molecule is Cc1ccc(Nc2nc(N3CCC[C@H](C(=O)O)C3)nc3c(C)nn(CCOCC(F)(F)F)c23)nc1. The van der Waals surface area contributed by atoms with Crippen molar-refractivity contribution in [1.29, 1.82) is 0 Å². The van der Waals surface area contributed by atoms with Gasteiger partial charge in [-0.1, -0.05) is 6.07 Å². The normalized spacial score (nSPS) is 16.6. The second-order valence-electron chi connectivity index (χ2n) is 8.51. The highest BCUT2D eigenvalue weighted by molar-refractivity contribution is 5.90. The number of anilines is 3. The average Bonchev–Trinajstić information content (AvgIpc) is 3.13. The molecule has 2 N–H and O–H groups in total. The molecule has 0 radical (unpaired) electrons. The Bertz CT molecular complexity index is 1200. The maximum atomic E-state index is 12.4. The van der Waals surface area contributed by atoms with E-state index in [9.17, 15) is 23.1 Å². The lowest BCUT2D eigenvalue weighted by molar-refractivity contribution is -0.174. The number of fused-ring (bicyclic) bond motifs is 1. The van der Waals surface area contributed by atoms with Gasteiger partial charge >= 0.3 is 12.1 Å². The Morgan fingerprint density at radius 1 is 1.29 bits per heavy atom. The lowest BCUT2D eigenvalue weighted by Crippen LogP contribution is -2.39. The van der Waals surface area contributed by atoms with Crippen LogP contribution in [0.15, 0.2) is 18.3 Å². The van der Waals surface area contributed by atoms with Gasteiger partial charge in [0.25, 0.3) is 0 Å². The third kappa shape index (κ3) is 5.96. The molecule has 0 amide bonds. The van der Waals surface area contributed by atoms with Gasteiger partial charge in [0.1, 0.15) is 23.5 Å². The minimum Gasteiger partial charge on any atom is -0.481 e. The summed E-state index contributed by atoms with van der Waals surface area (Å²) in [5.41, 5.74) is 2.54. The molecule has 13 heteroatoms. The van der Waals surface area contributed by atoms with Gasteiger partial charge < -0.3 is 20.1 Å². The number of rotatable bonds is 8. The number of carbonyl (C=O) groups is 1. The van der Waals surface area contributed by atoms with Crippen LogP contribution in [0.4, 0.5) is 30.8 Å². The minimum absolute atomic E-state index is 0.0595. The van der Waals surface area contributed by atoms with Crippen molar-refractivity contribution < 1.29 is 27.8 Å². The van der Waals surface area contributed by atoms with Crippen molar-refractivity contribution in [2.75, 3.05) is 36.5 Å². The summed E-state index contributed by atoms with van der Waals surface area (Å²) in [6, 6.07) is 3.66. The number of carboxylic acid groups (broad SMARTS) is 1. The first-order valence-electron chi connectivity index (χ1n) is 11.2. The molecule has 35 heavy (non-hydrogen) atoms. The molecule has 1 aliphatic rings. The van der Waals surface area contributed by atoms with E-state index in [0.29, 0.717) is 53.7 Å². The third-order valence-electron chi connectivity index (χ3n) is 5.67. The largest absolute Gasteiger partial charge is 0.481 e. The molecule has 0 unspecified atom stereocenters. The Morgan fingerprint density at radius 2 is 2.09 bits per heavy atom. The summed E-state index contributed by atoms with van der Waals surface area (Å²) in [6.07, 6.45) is -1.44. The predicted octanol–water partition coefficient (Wildman–Crippen LogP) is 3.46. The van der Waals surface area contributed by atoms with E-state index < -0.39 is 24.7 Å². The summed E-state index contributed by atoms with van der Waals surface area (Å²) >= 11 is 0. The van der Waals surface area contributed by atoms with E-state index in [-0.39, 0.29) is 19.7 Å². The number of hydrogen-bond acceptors (Lipinski definition) is 8. The lowest BCUT2D eigenvalue weighted by Gasteiger charge is -2.31. The Kier molecular flexibility index (Phi) is 7.05. The van der Waals surface area contributed by atoms with Gasteiger partial charge in [0.15, 0.2) is 5.82 Å². The van der Waals surface area contributed by atoms with Gasteiger partial charge in [0, 0.05) is 19.3 Å². The summed E-state index contributed by atoms with van der Waals surface area (Å²) in [7, 11) is 0. The summed E-state index contributed by atoms with van der Waals surface area (Å²) < 4.78 is 43.6. The first-order valence-corrected chi connectivity index (χ1v) is 11.2. The smallest absolute Gasteiger partial charge is 0.411 e. The zero-order valence-corrected chi connectivity index (χ0v) is 19.3. The first-order chi connectivity index (χ1) is 16.6. The monoisotopic (exact) mass is 493 g/mol. The maximum absolute atomic E-state index is 12.4. The average molecular weight is 493 g/mol. The molecule has 0 bridgehead atoms. The molecule has 188 valence electrons. The number of aromatic nitrogens is 5. The Morgan fingerprint density at radius 3 is 2.77 bits per heavy atom. The van der Waals surface area contributed by atoms with Crippen LogP contribution in [0.5, 0.6) is 0 Å². The van der Waals surface area contributed by atoms with Gasteiger partial charge in [-0.15, -0.1) is 0 Å². The second-order valence-corrected chi connectivity index (χ2v) is 8.51. The number of aliphatic carboxylic acids is 1. The Balaban J connectivity index is 1.70. The van der Waals surface area contributed by atoms with E-state index in [1.54, 1.807) is 19.2 Å². The number of halogens is 3. The Hall–Kier alpha value is -3.48. The number of hydrogen-bond donors (Lipinski definition) is 2. The molecule has 3 aromatic heterocycles. The molecule has 4 heterocycles. The number of piperidine rings is 1. The number of ether oxygens (including phenoxy) is 1. The first kappa shape index (κ1) is 24.6. The van der Waals surface area contributed by atoms with Crippen LogP contribution >= 0.6 is 0 Å². The van der Waals surface area contributed by atoms with Crippen LogP contribution in [0.25, 0.3) is 11.0 Å². The van der Waals surface area contributed by atoms with Crippen LogP contribution < -0.4 is 10.2 Å². The second kappa shape index (κ2) is 10.0. The van der Waals surface area contributed by atoms with E-state index in [2.05, 4.69) is 25.4 Å². The fraction of sp³-hybridized carbons (Fsp3) is 0.500. The number of carboxylic acids is 1.